The maximum absolute atomic E-state index is 14.9. The fraction of sp³-hybridized carbons (Fsp3) is 0.236. The van der Waals surface area contributed by atoms with Crippen LogP contribution >= 0.6 is 0 Å². The number of hydrogen-bond donors (Lipinski definition) is 3. The van der Waals surface area contributed by atoms with E-state index in [-0.39, 0.29) is 35.5 Å². The second kappa shape index (κ2) is 18.7. The lowest BCUT2D eigenvalue weighted by Crippen LogP contribution is -2.66. The second-order valence-corrected chi connectivity index (χ2v) is 22.8. The summed E-state index contributed by atoms with van der Waals surface area (Å²) < 4.78 is 14.2. The minimum Gasteiger partial charge on any atom is -0.508 e. The van der Waals surface area contributed by atoms with Crippen LogP contribution in [0, 0.1) is 17.8 Å². The number of allylic oxidation sites excluding steroid dienone is 1. The zero-order valence-electron chi connectivity index (χ0n) is 37.1. The first-order valence-corrected chi connectivity index (χ1v) is 24.6. The van der Waals surface area contributed by atoms with E-state index in [2.05, 4.69) is 92.8 Å². The first-order chi connectivity index (χ1) is 31.5. The minimum atomic E-state index is -3.04. The molecule has 2 saturated heterocycles. The van der Waals surface area contributed by atoms with Gasteiger partial charge in [0.1, 0.15) is 5.75 Å². The van der Waals surface area contributed by atoms with Gasteiger partial charge in [-0.05, 0) is 123 Å². The number of anilines is 3. The number of carbonyl (C=O) groups excluding carboxylic acids is 2. The summed E-state index contributed by atoms with van der Waals surface area (Å²) in [5.41, 5.74) is 7.31. The zero-order chi connectivity index (χ0) is 45.1. The van der Waals surface area contributed by atoms with E-state index in [9.17, 15) is 19.7 Å². The topological polar surface area (TPSA) is 108 Å². The molecule has 65 heavy (non-hydrogen) atoms. The molecule has 2 aliphatic heterocycles. The van der Waals surface area contributed by atoms with Gasteiger partial charge in [0.05, 0.1) is 30.2 Å². The van der Waals surface area contributed by atoms with Crippen LogP contribution in [0.4, 0.5) is 17.1 Å². The Hall–Kier alpha value is -6.30. The molecule has 2 heterocycles. The van der Waals surface area contributed by atoms with Crippen LogP contribution < -0.4 is 20.6 Å². The molecule has 6 aromatic rings. The van der Waals surface area contributed by atoms with Gasteiger partial charge in [-0.2, -0.15) is 0 Å². The third-order valence-corrected chi connectivity index (χ3v) is 18.4. The number of amides is 2. The summed E-state index contributed by atoms with van der Waals surface area (Å²) in [6.07, 6.45) is 3.23. The molecule has 2 fully saturated rings. The molecule has 4 atom stereocenters. The molecule has 0 radical (unpaired) electrons. The molecule has 3 N–H and O–H groups in total. The number of para-hydroxylation sites is 1. The Morgan fingerprint density at radius 2 is 1.32 bits per heavy atom. The molecule has 0 aromatic heterocycles. The highest BCUT2D eigenvalue weighted by molar-refractivity contribution is 6.99. The third-order valence-electron chi connectivity index (χ3n) is 13.4. The van der Waals surface area contributed by atoms with Gasteiger partial charge in [0.15, 0.2) is 0 Å². The molecule has 0 saturated carbocycles. The third kappa shape index (κ3) is 8.92. The fourth-order valence-electron chi connectivity index (χ4n) is 10.5. The van der Waals surface area contributed by atoms with E-state index in [0.29, 0.717) is 24.9 Å². The maximum atomic E-state index is 14.9. The Bertz CT molecular complexity index is 2630. The molecule has 0 spiro atoms. The van der Waals surface area contributed by atoms with Gasteiger partial charge in [-0.1, -0.05) is 148 Å². The summed E-state index contributed by atoms with van der Waals surface area (Å²) in [4.78, 5) is 31.1. The summed E-state index contributed by atoms with van der Waals surface area (Å²) in [6, 6.07) is 55.7. The van der Waals surface area contributed by atoms with E-state index in [0.717, 1.165) is 49.6 Å². The Morgan fingerprint density at radius 1 is 0.754 bits per heavy atom. The van der Waals surface area contributed by atoms with Crippen molar-refractivity contribution in [3.8, 4) is 5.75 Å². The highest BCUT2D eigenvalue weighted by Crippen LogP contribution is 2.52. The smallest absolute Gasteiger partial charge is 0.455 e. The van der Waals surface area contributed by atoms with Crippen molar-refractivity contribution in [1.82, 2.24) is 0 Å². The number of fused-ring (bicyclic) bond motifs is 3. The van der Waals surface area contributed by atoms with E-state index in [1.165, 1.54) is 4.90 Å². The molecule has 0 bridgehead atoms. The number of rotatable bonds is 13. The van der Waals surface area contributed by atoms with Crippen molar-refractivity contribution >= 4 is 66.3 Å². The SMILES string of the molecule is CC(C)(C)[Si](OCC1=C2[C@@H](CC/C(=C/c3ccc(O)cc3)c3ccccc3)OB(O)C[C@@H]2[C@@H]2C(=O)N(c3ccc(Nc4ccccc4)cc3)C(=O)[C@@H]2C1)(c1ccccc1)c1ccccc1. The molecule has 0 unspecified atom stereocenters. The number of imide groups is 1. The Kier molecular flexibility index (Phi) is 12.6. The van der Waals surface area contributed by atoms with Crippen molar-refractivity contribution in [1.29, 1.82) is 0 Å². The lowest BCUT2D eigenvalue weighted by Gasteiger charge is -2.46. The number of phenolic OH excluding ortho intramolecular Hbond substituents is 1. The van der Waals surface area contributed by atoms with E-state index < -0.39 is 39.3 Å². The average Bonchev–Trinajstić information content (AvgIpc) is 3.57. The van der Waals surface area contributed by atoms with Crippen LogP contribution in [0.5, 0.6) is 5.75 Å². The van der Waals surface area contributed by atoms with Crippen LogP contribution in [0.15, 0.2) is 181 Å². The largest absolute Gasteiger partial charge is 0.508 e. The van der Waals surface area contributed by atoms with Crippen LogP contribution in [-0.2, 0) is 18.7 Å². The monoisotopic (exact) mass is 878 g/mol. The van der Waals surface area contributed by atoms with Crippen molar-refractivity contribution < 1.29 is 28.8 Å². The van der Waals surface area contributed by atoms with Crippen molar-refractivity contribution in [3.05, 3.63) is 192 Å². The number of carbonyl (C=O) groups is 2. The number of phenols is 1. The van der Waals surface area contributed by atoms with E-state index in [4.69, 9.17) is 9.08 Å². The highest BCUT2D eigenvalue weighted by Gasteiger charge is 2.58. The maximum Gasteiger partial charge on any atom is 0.455 e. The Morgan fingerprint density at radius 3 is 1.92 bits per heavy atom. The molecular weight excluding hydrogens is 824 g/mol. The van der Waals surface area contributed by atoms with Gasteiger partial charge in [-0.3, -0.25) is 14.5 Å². The first kappa shape index (κ1) is 43.9. The standard InChI is InChI=1S/C55H55BN2O6Si/c1-55(2,3)65(46-20-12-6-13-21-46,47-22-14-7-15-23-47)63-37-41-35-48-52(54(61)58(53(48)60)44-29-27-43(28-30-44)57-42-18-10-5-11-19-42)49-36-56(62)64-50(51(41)49)33-26-40(39-16-8-4-9-17-39)34-38-24-31-45(59)32-25-38/h4-25,27-32,34,48-50,52,57,59,62H,26,33,35-37H2,1-3H3/b40-34-/t48-,49+,50-,52-/m1/s1. The van der Waals surface area contributed by atoms with Crippen molar-refractivity contribution in [2.75, 3.05) is 16.8 Å². The Labute approximate surface area is 383 Å². The number of nitrogens with one attached hydrogen (secondary N) is 1. The summed E-state index contributed by atoms with van der Waals surface area (Å²) in [5, 5.41) is 27.0. The molecule has 2 amide bonds. The van der Waals surface area contributed by atoms with Crippen molar-refractivity contribution in [2.24, 2.45) is 17.8 Å². The molecule has 10 heteroatoms. The predicted octanol–water partition coefficient (Wildman–Crippen LogP) is 10.0. The minimum absolute atomic E-state index is 0.192. The molecule has 6 aromatic carbocycles. The second-order valence-electron chi connectivity index (χ2n) is 18.5. The van der Waals surface area contributed by atoms with Gasteiger partial charge in [-0.25, -0.2) is 0 Å². The average molecular weight is 879 g/mol. The van der Waals surface area contributed by atoms with Crippen LogP contribution in [0.2, 0.25) is 11.4 Å². The van der Waals surface area contributed by atoms with Crippen molar-refractivity contribution in [3.63, 3.8) is 0 Å². The van der Waals surface area contributed by atoms with Crippen LogP contribution in [0.3, 0.4) is 0 Å². The number of aromatic hydroxyl groups is 1. The van der Waals surface area contributed by atoms with E-state index in [1.807, 2.05) is 97.1 Å². The molecule has 3 aliphatic rings. The van der Waals surface area contributed by atoms with E-state index in [1.54, 1.807) is 12.1 Å². The van der Waals surface area contributed by atoms with Gasteiger partial charge in [0.2, 0.25) is 11.8 Å². The van der Waals surface area contributed by atoms with Gasteiger partial charge < -0.3 is 24.5 Å². The molecule has 9 rings (SSSR count). The number of nitrogens with zero attached hydrogens (tertiary/aromatic N) is 1. The summed E-state index contributed by atoms with van der Waals surface area (Å²) in [6.45, 7) is 7.00. The van der Waals surface area contributed by atoms with Gasteiger partial charge in [0, 0.05) is 11.4 Å². The summed E-state index contributed by atoms with van der Waals surface area (Å²) in [5.74, 6) is -2.02. The Balaban J connectivity index is 1.11. The summed E-state index contributed by atoms with van der Waals surface area (Å²) in [7, 11) is -4.17. The van der Waals surface area contributed by atoms with Crippen molar-refractivity contribution in [2.45, 2.75) is 57.5 Å². The quantitative estimate of drug-likeness (QED) is 0.0459. The molecule has 328 valence electrons. The molecule has 8 nitrogen and oxygen atoms in total. The van der Waals surface area contributed by atoms with Crippen LogP contribution in [0.25, 0.3) is 11.6 Å². The van der Waals surface area contributed by atoms with Gasteiger partial charge in [0.25, 0.3) is 8.32 Å². The molecule has 1 aliphatic carbocycles. The van der Waals surface area contributed by atoms with E-state index >= 15 is 0 Å². The number of benzene rings is 6. The highest BCUT2D eigenvalue weighted by atomic mass is 28.4. The van der Waals surface area contributed by atoms with Crippen LogP contribution in [0.1, 0.15) is 51.2 Å². The predicted molar refractivity (Wildman–Crippen MR) is 264 cm³/mol. The van der Waals surface area contributed by atoms with Crippen LogP contribution in [-0.4, -0.2) is 50.1 Å². The lowest BCUT2D eigenvalue weighted by atomic mass is 9.58. The molecular formula is C55H55BN2O6Si. The fourth-order valence-corrected chi connectivity index (χ4v) is 15.0. The number of hydrogen-bond acceptors (Lipinski definition) is 7. The summed E-state index contributed by atoms with van der Waals surface area (Å²) >= 11 is 0. The zero-order valence-corrected chi connectivity index (χ0v) is 38.1. The van der Waals surface area contributed by atoms with Gasteiger partial charge >= 0.3 is 7.12 Å². The first-order valence-electron chi connectivity index (χ1n) is 22.7. The normalized spacial score (nSPS) is 20.2. The lowest BCUT2D eigenvalue weighted by molar-refractivity contribution is -0.122. The van der Waals surface area contributed by atoms with Gasteiger partial charge in [-0.15, -0.1) is 0 Å².